The van der Waals surface area contributed by atoms with E-state index in [1.807, 2.05) is 10.6 Å². The lowest BCUT2D eigenvalue weighted by atomic mass is 10.1. The van der Waals surface area contributed by atoms with Crippen molar-refractivity contribution in [2.45, 2.75) is 33.2 Å². The molecule has 1 aromatic heterocycles. The zero-order chi connectivity index (χ0) is 15.2. The molecule has 5 heteroatoms. The molecule has 0 atom stereocenters. The van der Waals surface area contributed by atoms with Crippen molar-refractivity contribution in [1.29, 1.82) is 0 Å². The summed E-state index contributed by atoms with van der Waals surface area (Å²) < 4.78 is 8.45. The number of ether oxygens (including phenoxy) is 1. The third-order valence-corrected chi connectivity index (χ3v) is 3.61. The van der Waals surface area contributed by atoms with Gasteiger partial charge in [-0.25, -0.2) is 0 Å². The lowest BCUT2D eigenvalue weighted by molar-refractivity contribution is 0.307. The Morgan fingerprint density at radius 2 is 2.24 bits per heavy atom. The average Bonchev–Trinajstić information content (AvgIpc) is 2.80. The predicted molar refractivity (Wildman–Crippen MR) is 87.3 cm³/mol. The van der Waals surface area contributed by atoms with E-state index in [0.717, 1.165) is 30.0 Å². The number of aromatic nitrogens is 3. The van der Waals surface area contributed by atoms with Crippen molar-refractivity contribution in [3.05, 3.63) is 52.6 Å². The van der Waals surface area contributed by atoms with Gasteiger partial charge in [0.2, 0.25) is 0 Å². The number of nitrogens with one attached hydrogen (secondary N) is 1. The fourth-order valence-electron chi connectivity index (χ4n) is 2.13. The van der Waals surface area contributed by atoms with E-state index in [2.05, 4.69) is 48.8 Å². The molecule has 2 aromatic rings. The smallest absolute Gasteiger partial charge is 0.195 e. The van der Waals surface area contributed by atoms with Crippen LogP contribution in [-0.2, 0) is 13.0 Å². The predicted octanol–water partition coefficient (Wildman–Crippen LogP) is 3.76. The quantitative estimate of drug-likeness (QED) is 0.481. The second kappa shape index (κ2) is 7.22. The zero-order valence-corrected chi connectivity index (χ0v) is 13.4. The highest BCUT2D eigenvalue weighted by Gasteiger charge is 2.05. The van der Waals surface area contributed by atoms with Crippen molar-refractivity contribution < 1.29 is 4.74 Å². The molecule has 0 unspecified atom stereocenters. The summed E-state index contributed by atoms with van der Waals surface area (Å²) in [5, 5.41) is 7.08. The highest BCUT2D eigenvalue weighted by Crippen LogP contribution is 2.19. The summed E-state index contributed by atoms with van der Waals surface area (Å²) in [6.45, 7) is 9.21. The first-order valence-electron chi connectivity index (χ1n) is 7.07. The van der Waals surface area contributed by atoms with Gasteiger partial charge in [-0.3, -0.25) is 5.10 Å². The molecule has 1 N–H and O–H groups in total. The highest BCUT2D eigenvalue weighted by atomic mass is 32.1. The topological polar surface area (TPSA) is 42.8 Å². The largest absolute Gasteiger partial charge is 0.493 e. The first-order valence-corrected chi connectivity index (χ1v) is 7.47. The SMILES string of the molecule is C=CCn1c(CCCOc2cc(C)ccc2C)n[nH]c1=S. The van der Waals surface area contributed by atoms with Crippen LogP contribution in [0.25, 0.3) is 0 Å². The Morgan fingerprint density at radius 3 is 3.00 bits per heavy atom. The molecule has 1 aromatic carbocycles. The van der Waals surface area contributed by atoms with Crippen LogP contribution in [0.4, 0.5) is 0 Å². The molecule has 0 radical (unpaired) electrons. The Hall–Kier alpha value is -1.88. The van der Waals surface area contributed by atoms with Crippen LogP contribution >= 0.6 is 12.2 Å². The van der Waals surface area contributed by atoms with Gasteiger partial charge in [0.15, 0.2) is 4.77 Å². The summed E-state index contributed by atoms with van der Waals surface area (Å²) in [5.74, 6) is 1.91. The zero-order valence-electron chi connectivity index (χ0n) is 12.6. The van der Waals surface area contributed by atoms with Gasteiger partial charge in [0.25, 0.3) is 0 Å². The maximum Gasteiger partial charge on any atom is 0.195 e. The maximum absolute atomic E-state index is 5.85. The van der Waals surface area contributed by atoms with Gasteiger partial charge in [-0.1, -0.05) is 18.2 Å². The molecule has 0 fully saturated rings. The van der Waals surface area contributed by atoms with Gasteiger partial charge < -0.3 is 9.30 Å². The Labute approximate surface area is 130 Å². The molecule has 4 nitrogen and oxygen atoms in total. The molecule has 21 heavy (non-hydrogen) atoms. The summed E-state index contributed by atoms with van der Waals surface area (Å²) in [5.41, 5.74) is 2.37. The third kappa shape index (κ3) is 4.04. The van der Waals surface area contributed by atoms with Crippen LogP contribution in [0.1, 0.15) is 23.4 Å². The molecule has 1 heterocycles. The molecule has 0 saturated carbocycles. The second-order valence-corrected chi connectivity index (χ2v) is 5.45. The lowest BCUT2D eigenvalue weighted by Gasteiger charge is -2.10. The molecule has 0 amide bonds. The molecule has 112 valence electrons. The third-order valence-electron chi connectivity index (χ3n) is 3.29. The van der Waals surface area contributed by atoms with Crippen LogP contribution in [-0.4, -0.2) is 21.4 Å². The number of nitrogens with zero attached hydrogens (tertiary/aromatic N) is 2. The molecule has 0 spiro atoms. The van der Waals surface area contributed by atoms with Gasteiger partial charge >= 0.3 is 0 Å². The standard InChI is InChI=1S/C16H21N3OS/c1-4-9-19-15(17-18-16(19)21)6-5-10-20-14-11-12(2)7-8-13(14)3/h4,7-8,11H,1,5-6,9-10H2,2-3H3,(H,18,21). The molecule has 0 saturated heterocycles. The minimum Gasteiger partial charge on any atom is -0.493 e. The number of rotatable bonds is 7. The van der Waals surface area contributed by atoms with Gasteiger partial charge in [0.1, 0.15) is 11.6 Å². The molecule has 0 aliphatic carbocycles. The van der Waals surface area contributed by atoms with E-state index in [0.29, 0.717) is 17.9 Å². The molecule has 0 aliphatic heterocycles. The number of hydrogen-bond donors (Lipinski definition) is 1. The fraction of sp³-hybridized carbons (Fsp3) is 0.375. The van der Waals surface area contributed by atoms with E-state index in [1.54, 1.807) is 0 Å². The van der Waals surface area contributed by atoms with Gasteiger partial charge in [0.05, 0.1) is 6.61 Å². The molecule has 0 bridgehead atoms. The van der Waals surface area contributed by atoms with E-state index in [1.165, 1.54) is 5.56 Å². The van der Waals surface area contributed by atoms with Gasteiger partial charge in [0, 0.05) is 13.0 Å². The lowest BCUT2D eigenvalue weighted by Crippen LogP contribution is -2.06. The minimum atomic E-state index is 0.639. The van der Waals surface area contributed by atoms with Crippen molar-refractivity contribution >= 4 is 12.2 Å². The van der Waals surface area contributed by atoms with Crippen molar-refractivity contribution in [2.24, 2.45) is 0 Å². The summed E-state index contributed by atoms with van der Waals surface area (Å²) >= 11 is 5.19. The van der Waals surface area contributed by atoms with Crippen LogP contribution < -0.4 is 4.74 Å². The molecule has 0 aliphatic rings. The van der Waals surface area contributed by atoms with Crippen molar-refractivity contribution in [3.8, 4) is 5.75 Å². The molecular formula is C16H21N3OS. The number of benzene rings is 1. The van der Waals surface area contributed by atoms with E-state index in [9.17, 15) is 0 Å². The highest BCUT2D eigenvalue weighted by molar-refractivity contribution is 7.71. The van der Waals surface area contributed by atoms with Crippen molar-refractivity contribution in [2.75, 3.05) is 6.61 Å². The summed E-state index contributed by atoms with van der Waals surface area (Å²) in [6.07, 6.45) is 3.54. The van der Waals surface area contributed by atoms with E-state index >= 15 is 0 Å². The average molecular weight is 303 g/mol. The summed E-state index contributed by atoms with van der Waals surface area (Å²) in [6, 6.07) is 6.25. The number of H-pyrrole nitrogens is 1. The first-order chi connectivity index (χ1) is 10.1. The van der Waals surface area contributed by atoms with Crippen LogP contribution in [0.3, 0.4) is 0 Å². The summed E-state index contributed by atoms with van der Waals surface area (Å²) in [7, 11) is 0. The van der Waals surface area contributed by atoms with Gasteiger partial charge in [-0.05, 0) is 49.7 Å². The van der Waals surface area contributed by atoms with Crippen LogP contribution in [0.5, 0.6) is 5.75 Å². The van der Waals surface area contributed by atoms with Crippen LogP contribution in [0.15, 0.2) is 30.9 Å². The van der Waals surface area contributed by atoms with E-state index in [4.69, 9.17) is 17.0 Å². The van der Waals surface area contributed by atoms with E-state index in [-0.39, 0.29) is 0 Å². The second-order valence-electron chi connectivity index (χ2n) is 5.07. The first kappa shape index (κ1) is 15.5. The minimum absolute atomic E-state index is 0.639. The Morgan fingerprint density at radius 1 is 1.43 bits per heavy atom. The normalized spacial score (nSPS) is 10.6. The molecular weight excluding hydrogens is 282 g/mol. The monoisotopic (exact) mass is 303 g/mol. The Bertz CT molecular complexity index is 672. The van der Waals surface area contributed by atoms with Gasteiger partial charge in [-0.2, -0.15) is 5.10 Å². The molecule has 2 rings (SSSR count). The number of aromatic amines is 1. The van der Waals surface area contributed by atoms with Gasteiger partial charge in [-0.15, -0.1) is 6.58 Å². The van der Waals surface area contributed by atoms with E-state index < -0.39 is 0 Å². The Kier molecular flexibility index (Phi) is 5.33. The number of hydrogen-bond acceptors (Lipinski definition) is 3. The van der Waals surface area contributed by atoms with Crippen LogP contribution in [0, 0.1) is 18.6 Å². The van der Waals surface area contributed by atoms with Crippen molar-refractivity contribution in [1.82, 2.24) is 14.8 Å². The Balaban J connectivity index is 1.89. The van der Waals surface area contributed by atoms with Crippen molar-refractivity contribution in [3.63, 3.8) is 0 Å². The number of aryl methyl sites for hydroxylation is 3. The number of allylic oxidation sites excluding steroid dienone is 1. The van der Waals surface area contributed by atoms with Crippen LogP contribution in [0.2, 0.25) is 0 Å². The summed E-state index contributed by atoms with van der Waals surface area (Å²) in [4.78, 5) is 0. The fourth-order valence-corrected chi connectivity index (χ4v) is 2.36. The maximum atomic E-state index is 5.85.